The van der Waals surface area contributed by atoms with Crippen molar-refractivity contribution < 1.29 is 5.11 Å². The van der Waals surface area contributed by atoms with E-state index in [-0.39, 0.29) is 12.6 Å². The van der Waals surface area contributed by atoms with Crippen molar-refractivity contribution in [3.05, 3.63) is 35.9 Å². The van der Waals surface area contributed by atoms with E-state index in [0.717, 1.165) is 6.42 Å². The molecule has 1 aliphatic rings. The van der Waals surface area contributed by atoms with Crippen molar-refractivity contribution in [3.63, 3.8) is 0 Å². The summed E-state index contributed by atoms with van der Waals surface area (Å²) in [5.74, 6) is 0. The van der Waals surface area contributed by atoms with Gasteiger partial charge in [-0.2, -0.15) is 0 Å². The van der Waals surface area contributed by atoms with Gasteiger partial charge < -0.3 is 10.4 Å². The molecule has 2 rings (SSSR count). The standard InChI is InChI=1S/C17H27NO/c19-14-17(13-15-9-5-4-6-10-15)18-16-11-7-2-1-3-8-12-16/h4-6,9-10,16-19H,1-3,7-8,11-14H2. The maximum atomic E-state index is 9.58. The van der Waals surface area contributed by atoms with Gasteiger partial charge in [0.05, 0.1) is 6.61 Å². The van der Waals surface area contributed by atoms with Crippen molar-refractivity contribution in [2.24, 2.45) is 0 Å². The molecule has 0 aromatic heterocycles. The molecule has 0 heterocycles. The Bertz CT molecular complexity index is 330. The highest BCUT2D eigenvalue weighted by Gasteiger charge is 2.16. The normalized spacial score (nSPS) is 19.6. The first-order valence-electron chi connectivity index (χ1n) is 7.79. The number of rotatable bonds is 5. The first-order chi connectivity index (χ1) is 9.38. The molecule has 1 atom stereocenters. The number of aliphatic hydroxyl groups is 1. The fraction of sp³-hybridized carbons (Fsp3) is 0.647. The van der Waals surface area contributed by atoms with Crippen LogP contribution >= 0.6 is 0 Å². The highest BCUT2D eigenvalue weighted by Crippen LogP contribution is 2.18. The molecule has 0 saturated heterocycles. The van der Waals surface area contributed by atoms with Crippen molar-refractivity contribution in [1.29, 1.82) is 0 Å². The Morgan fingerprint density at radius 3 is 2.26 bits per heavy atom. The van der Waals surface area contributed by atoms with E-state index in [2.05, 4.69) is 29.6 Å². The summed E-state index contributed by atoms with van der Waals surface area (Å²) in [6.45, 7) is 0.228. The Kier molecular flexibility index (Phi) is 6.38. The first-order valence-corrected chi connectivity index (χ1v) is 7.79. The summed E-state index contributed by atoms with van der Waals surface area (Å²) in [5, 5.41) is 13.3. The van der Waals surface area contributed by atoms with Gasteiger partial charge >= 0.3 is 0 Å². The Balaban J connectivity index is 1.83. The van der Waals surface area contributed by atoms with Gasteiger partial charge in [-0.1, -0.05) is 62.4 Å². The summed E-state index contributed by atoms with van der Waals surface area (Å²) in [6, 6.07) is 11.3. The average molecular weight is 261 g/mol. The van der Waals surface area contributed by atoms with Crippen LogP contribution in [0.25, 0.3) is 0 Å². The van der Waals surface area contributed by atoms with E-state index in [9.17, 15) is 5.11 Å². The van der Waals surface area contributed by atoms with Gasteiger partial charge in [-0.05, 0) is 24.8 Å². The van der Waals surface area contributed by atoms with E-state index >= 15 is 0 Å². The second-order valence-corrected chi connectivity index (χ2v) is 5.78. The maximum absolute atomic E-state index is 9.58. The second-order valence-electron chi connectivity index (χ2n) is 5.78. The molecule has 0 amide bonds. The fourth-order valence-corrected chi connectivity index (χ4v) is 3.03. The number of benzene rings is 1. The van der Waals surface area contributed by atoms with Crippen LogP contribution in [0, 0.1) is 0 Å². The minimum Gasteiger partial charge on any atom is -0.395 e. The molecule has 19 heavy (non-hydrogen) atoms. The van der Waals surface area contributed by atoms with Crippen LogP contribution in [0.1, 0.15) is 50.5 Å². The molecule has 1 saturated carbocycles. The Hall–Kier alpha value is -0.860. The minimum absolute atomic E-state index is 0.201. The molecule has 0 aliphatic heterocycles. The first kappa shape index (κ1) is 14.5. The number of aliphatic hydroxyl groups excluding tert-OH is 1. The van der Waals surface area contributed by atoms with Gasteiger partial charge in [0.25, 0.3) is 0 Å². The maximum Gasteiger partial charge on any atom is 0.0587 e. The molecule has 0 spiro atoms. The molecule has 1 unspecified atom stereocenters. The lowest BCUT2D eigenvalue weighted by molar-refractivity contribution is 0.221. The quantitative estimate of drug-likeness (QED) is 0.852. The molecule has 0 bridgehead atoms. The molecular formula is C17H27NO. The summed E-state index contributed by atoms with van der Waals surface area (Å²) >= 11 is 0. The third kappa shape index (κ3) is 5.33. The molecule has 1 aromatic carbocycles. The van der Waals surface area contributed by atoms with Gasteiger partial charge in [0.2, 0.25) is 0 Å². The number of hydrogen-bond acceptors (Lipinski definition) is 2. The largest absolute Gasteiger partial charge is 0.395 e. The SMILES string of the molecule is OCC(Cc1ccccc1)NC1CCCCCCC1. The number of hydrogen-bond donors (Lipinski definition) is 2. The predicted octanol–water partition coefficient (Wildman–Crippen LogP) is 3.29. The average Bonchev–Trinajstić information content (AvgIpc) is 2.41. The van der Waals surface area contributed by atoms with E-state index in [1.807, 2.05) is 6.07 Å². The summed E-state index contributed by atoms with van der Waals surface area (Å²) in [4.78, 5) is 0. The van der Waals surface area contributed by atoms with Crippen molar-refractivity contribution in [2.45, 2.75) is 63.5 Å². The van der Waals surface area contributed by atoms with Gasteiger partial charge in [-0.3, -0.25) is 0 Å². The summed E-state index contributed by atoms with van der Waals surface area (Å²) in [5.41, 5.74) is 1.31. The Morgan fingerprint density at radius 1 is 1.00 bits per heavy atom. The van der Waals surface area contributed by atoms with Crippen molar-refractivity contribution in [1.82, 2.24) is 5.32 Å². The van der Waals surface area contributed by atoms with Crippen LogP contribution in [0.5, 0.6) is 0 Å². The smallest absolute Gasteiger partial charge is 0.0587 e. The van der Waals surface area contributed by atoms with Crippen molar-refractivity contribution in [2.75, 3.05) is 6.61 Å². The molecule has 2 nitrogen and oxygen atoms in total. The zero-order valence-corrected chi connectivity index (χ0v) is 11.9. The zero-order chi connectivity index (χ0) is 13.3. The fourth-order valence-electron chi connectivity index (χ4n) is 3.03. The lowest BCUT2D eigenvalue weighted by Gasteiger charge is -2.26. The van der Waals surface area contributed by atoms with Crippen LogP contribution in [-0.4, -0.2) is 23.8 Å². The van der Waals surface area contributed by atoms with Crippen molar-refractivity contribution in [3.8, 4) is 0 Å². The van der Waals surface area contributed by atoms with E-state index in [4.69, 9.17) is 0 Å². The summed E-state index contributed by atoms with van der Waals surface area (Å²) < 4.78 is 0. The highest BCUT2D eigenvalue weighted by molar-refractivity contribution is 5.15. The van der Waals surface area contributed by atoms with Crippen LogP contribution in [-0.2, 0) is 6.42 Å². The molecule has 1 aliphatic carbocycles. The Labute approximate surface area is 117 Å². The van der Waals surface area contributed by atoms with Crippen LogP contribution in [0.3, 0.4) is 0 Å². The van der Waals surface area contributed by atoms with Crippen LogP contribution in [0.2, 0.25) is 0 Å². The monoisotopic (exact) mass is 261 g/mol. The van der Waals surface area contributed by atoms with E-state index in [1.54, 1.807) is 0 Å². The van der Waals surface area contributed by atoms with E-state index < -0.39 is 0 Å². The Morgan fingerprint density at radius 2 is 1.63 bits per heavy atom. The third-order valence-corrected chi connectivity index (χ3v) is 4.12. The molecule has 0 radical (unpaired) electrons. The van der Waals surface area contributed by atoms with Crippen LogP contribution in [0.15, 0.2) is 30.3 Å². The third-order valence-electron chi connectivity index (χ3n) is 4.12. The van der Waals surface area contributed by atoms with Crippen molar-refractivity contribution >= 4 is 0 Å². The molecule has 2 N–H and O–H groups in total. The second kappa shape index (κ2) is 8.34. The lowest BCUT2D eigenvalue weighted by atomic mass is 9.95. The number of nitrogens with one attached hydrogen (secondary N) is 1. The summed E-state index contributed by atoms with van der Waals surface area (Å²) in [7, 11) is 0. The van der Waals surface area contributed by atoms with Gasteiger partial charge in [-0.25, -0.2) is 0 Å². The predicted molar refractivity (Wildman–Crippen MR) is 80.3 cm³/mol. The van der Waals surface area contributed by atoms with Gasteiger partial charge in [0.1, 0.15) is 0 Å². The highest BCUT2D eigenvalue weighted by atomic mass is 16.3. The van der Waals surface area contributed by atoms with Crippen LogP contribution in [0.4, 0.5) is 0 Å². The molecule has 2 heteroatoms. The topological polar surface area (TPSA) is 32.3 Å². The zero-order valence-electron chi connectivity index (χ0n) is 11.9. The van der Waals surface area contributed by atoms with Gasteiger partial charge in [0, 0.05) is 12.1 Å². The van der Waals surface area contributed by atoms with E-state index in [1.165, 1.54) is 50.5 Å². The van der Waals surface area contributed by atoms with Gasteiger partial charge in [-0.15, -0.1) is 0 Å². The van der Waals surface area contributed by atoms with Crippen LogP contribution < -0.4 is 5.32 Å². The van der Waals surface area contributed by atoms with E-state index in [0.29, 0.717) is 6.04 Å². The van der Waals surface area contributed by atoms with Gasteiger partial charge in [0.15, 0.2) is 0 Å². The molecule has 1 fully saturated rings. The molecular weight excluding hydrogens is 234 g/mol. The lowest BCUT2D eigenvalue weighted by Crippen LogP contribution is -2.42. The minimum atomic E-state index is 0.201. The molecule has 1 aromatic rings. The molecule has 106 valence electrons. The summed E-state index contributed by atoms with van der Waals surface area (Å²) in [6.07, 6.45) is 10.3.